The SMILES string of the molecule is Cc1cc(O)cc2c1CC1C(C)COC1O2. The van der Waals surface area contributed by atoms with E-state index < -0.39 is 0 Å². The lowest BCUT2D eigenvalue weighted by atomic mass is 9.86. The van der Waals surface area contributed by atoms with Crippen molar-refractivity contribution in [1.29, 1.82) is 0 Å². The molecule has 0 bridgehead atoms. The molecule has 0 amide bonds. The summed E-state index contributed by atoms with van der Waals surface area (Å²) < 4.78 is 11.4. The van der Waals surface area contributed by atoms with Crippen molar-refractivity contribution in [1.82, 2.24) is 0 Å². The van der Waals surface area contributed by atoms with Crippen LogP contribution in [0.1, 0.15) is 18.1 Å². The molecule has 0 radical (unpaired) electrons. The largest absolute Gasteiger partial charge is 0.508 e. The normalized spacial score (nSPS) is 31.8. The number of aryl methyl sites for hydroxylation is 1. The number of hydrogen-bond acceptors (Lipinski definition) is 3. The second kappa shape index (κ2) is 3.39. The average molecular weight is 220 g/mol. The molecule has 2 heterocycles. The Kier molecular flexibility index (Phi) is 2.11. The van der Waals surface area contributed by atoms with Crippen molar-refractivity contribution < 1.29 is 14.6 Å². The minimum Gasteiger partial charge on any atom is -0.508 e. The van der Waals surface area contributed by atoms with E-state index in [1.54, 1.807) is 12.1 Å². The van der Waals surface area contributed by atoms with Crippen molar-refractivity contribution in [2.45, 2.75) is 26.6 Å². The van der Waals surface area contributed by atoms with Gasteiger partial charge in [-0.15, -0.1) is 0 Å². The van der Waals surface area contributed by atoms with E-state index >= 15 is 0 Å². The summed E-state index contributed by atoms with van der Waals surface area (Å²) in [5, 5.41) is 9.54. The molecule has 3 rings (SSSR count). The maximum Gasteiger partial charge on any atom is 0.203 e. The van der Waals surface area contributed by atoms with Gasteiger partial charge in [0.2, 0.25) is 6.29 Å². The Labute approximate surface area is 95.0 Å². The predicted octanol–water partition coefficient (Wildman–Crippen LogP) is 2.24. The van der Waals surface area contributed by atoms with Gasteiger partial charge >= 0.3 is 0 Å². The first kappa shape index (κ1) is 9.97. The molecule has 1 fully saturated rings. The van der Waals surface area contributed by atoms with E-state index in [0.717, 1.165) is 24.3 Å². The smallest absolute Gasteiger partial charge is 0.203 e. The van der Waals surface area contributed by atoms with Crippen LogP contribution in [0, 0.1) is 18.8 Å². The third kappa shape index (κ3) is 1.39. The molecule has 3 unspecified atom stereocenters. The molecule has 0 aliphatic carbocycles. The Morgan fingerprint density at radius 1 is 1.38 bits per heavy atom. The quantitative estimate of drug-likeness (QED) is 0.728. The summed E-state index contributed by atoms with van der Waals surface area (Å²) in [5.74, 6) is 2.05. The minimum atomic E-state index is -0.122. The van der Waals surface area contributed by atoms with Gasteiger partial charge in [-0.2, -0.15) is 0 Å². The monoisotopic (exact) mass is 220 g/mol. The van der Waals surface area contributed by atoms with Crippen LogP contribution in [-0.2, 0) is 11.2 Å². The molecule has 3 atom stereocenters. The molecule has 0 spiro atoms. The molecular weight excluding hydrogens is 204 g/mol. The van der Waals surface area contributed by atoms with E-state index in [4.69, 9.17) is 9.47 Å². The van der Waals surface area contributed by atoms with Crippen LogP contribution in [-0.4, -0.2) is 18.0 Å². The van der Waals surface area contributed by atoms with Crippen LogP contribution in [0.4, 0.5) is 0 Å². The Morgan fingerprint density at radius 3 is 3.00 bits per heavy atom. The molecule has 86 valence electrons. The molecule has 3 heteroatoms. The Hall–Kier alpha value is -1.22. The van der Waals surface area contributed by atoms with Gasteiger partial charge in [0, 0.05) is 12.0 Å². The number of ether oxygens (including phenoxy) is 2. The number of aromatic hydroxyl groups is 1. The predicted molar refractivity (Wildman–Crippen MR) is 59.6 cm³/mol. The Morgan fingerprint density at radius 2 is 2.19 bits per heavy atom. The fourth-order valence-corrected chi connectivity index (χ4v) is 2.67. The Bertz CT molecular complexity index is 427. The zero-order valence-electron chi connectivity index (χ0n) is 9.56. The van der Waals surface area contributed by atoms with Crippen LogP contribution < -0.4 is 4.74 Å². The van der Waals surface area contributed by atoms with Crippen molar-refractivity contribution in [3.8, 4) is 11.5 Å². The Balaban J connectivity index is 2.02. The maximum atomic E-state index is 9.54. The highest BCUT2D eigenvalue weighted by molar-refractivity contribution is 5.47. The van der Waals surface area contributed by atoms with E-state index in [2.05, 4.69) is 6.92 Å². The standard InChI is InChI=1S/C13H16O3/c1-7-3-9(14)4-12-10(7)5-11-8(2)6-15-13(11)16-12/h3-4,8,11,13-14H,5-6H2,1-2H3. The first-order valence-corrected chi connectivity index (χ1v) is 5.76. The lowest BCUT2D eigenvalue weighted by Crippen LogP contribution is -2.32. The molecule has 0 aromatic heterocycles. The van der Waals surface area contributed by atoms with Gasteiger partial charge in [-0.3, -0.25) is 0 Å². The summed E-state index contributed by atoms with van der Waals surface area (Å²) in [6.07, 6.45) is 0.872. The van der Waals surface area contributed by atoms with Gasteiger partial charge in [0.25, 0.3) is 0 Å². The average Bonchev–Trinajstić information content (AvgIpc) is 2.57. The maximum absolute atomic E-state index is 9.54. The molecular formula is C13H16O3. The minimum absolute atomic E-state index is 0.122. The summed E-state index contributed by atoms with van der Waals surface area (Å²) in [6.45, 7) is 4.99. The number of benzene rings is 1. The number of phenolic OH excluding ortho intramolecular Hbond substituents is 1. The third-order valence-electron chi connectivity index (χ3n) is 3.70. The summed E-state index contributed by atoms with van der Waals surface area (Å²) >= 11 is 0. The van der Waals surface area contributed by atoms with Gasteiger partial charge in [-0.05, 0) is 36.5 Å². The van der Waals surface area contributed by atoms with Gasteiger partial charge < -0.3 is 14.6 Å². The van der Waals surface area contributed by atoms with Crippen molar-refractivity contribution in [2.75, 3.05) is 6.61 Å². The van der Waals surface area contributed by atoms with E-state index in [1.807, 2.05) is 6.92 Å². The fourth-order valence-electron chi connectivity index (χ4n) is 2.67. The molecule has 16 heavy (non-hydrogen) atoms. The van der Waals surface area contributed by atoms with Crippen LogP contribution >= 0.6 is 0 Å². The highest BCUT2D eigenvalue weighted by atomic mass is 16.7. The van der Waals surface area contributed by atoms with Crippen molar-refractivity contribution in [3.63, 3.8) is 0 Å². The van der Waals surface area contributed by atoms with E-state index in [1.165, 1.54) is 5.56 Å². The lowest BCUT2D eigenvalue weighted by Gasteiger charge is -2.30. The first-order valence-electron chi connectivity index (χ1n) is 5.76. The lowest BCUT2D eigenvalue weighted by molar-refractivity contribution is -0.0702. The molecule has 1 aromatic rings. The van der Waals surface area contributed by atoms with E-state index in [-0.39, 0.29) is 12.0 Å². The summed E-state index contributed by atoms with van der Waals surface area (Å²) in [7, 11) is 0. The van der Waals surface area contributed by atoms with Gasteiger partial charge in [-0.1, -0.05) is 6.92 Å². The number of rotatable bonds is 0. The highest BCUT2D eigenvalue weighted by Crippen LogP contribution is 2.41. The van der Waals surface area contributed by atoms with Crippen LogP contribution in [0.3, 0.4) is 0 Å². The molecule has 2 aliphatic heterocycles. The molecule has 2 aliphatic rings. The summed E-state index contributed by atoms with van der Waals surface area (Å²) in [4.78, 5) is 0. The van der Waals surface area contributed by atoms with Crippen LogP contribution in [0.15, 0.2) is 12.1 Å². The van der Waals surface area contributed by atoms with Crippen LogP contribution in [0.2, 0.25) is 0 Å². The van der Waals surface area contributed by atoms with Crippen LogP contribution in [0.25, 0.3) is 0 Å². The summed E-state index contributed by atoms with van der Waals surface area (Å²) in [5.41, 5.74) is 2.32. The molecule has 0 saturated carbocycles. The molecule has 1 N–H and O–H groups in total. The zero-order chi connectivity index (χ0) is 11.3. The first-order chi connectivity index (χ1) is 7.65. The van der Waals surface area contributed by atoms with E-state index in [9.17, 15) is 5.11 Å². The van der Waals surface area contributed by atoms with Gasteiger partial charge in [0.1, 0.15) is 11.5 Å². The topological polar surface area (TPSA) is 38.7 Å². The van der Waals surface area contributed by atoms with Gasteiger partial charge in [0.05, 0.1) is 6.61 Å². The number of phenols is 1. The van der Waals surface area contributed by atoms with E-state index in [0.29, 0.717) is 11.8 Å². The molecule has 1 aromatic carbocycles. The number of hydrogen-bond donors (Lipinski definition) is 1. The van der Waals surface area contributed by atoms with Gasteiger partial charge in [0.15, 0.2) is 0 Å². The van der Waals surface area contributed by atoms with Crippen molar-refractivity contribution in [3.05, 3.63) is 23.3 Å². The van der Waals surface area contributed by atoms with Crippen LogP contribution in [0.5, 0.6) is 11.5 Å². The number of fused-ring (bicyclic) bond motifs is 2. The second-order valence-electron chi connectivity index (χ2n) is 4.90. The second-order valence-corrected chi connectivity index (χ2v) is 4.90. The molecule has 3 nitrogen and oxygen atoms in total. The summed E-state index contributed by atoms with van der Waals surface area (Å²) in [6, 6.07) is 3.48. The van der Waals surface area contributed by atoms with Gasteiger partial charge in [-0.25, -0.2) is 0 Å². The fraction of sp³-hybridized carbons (Fsp3) is 0.538. The molecule has 1 saturated heterocycles. The highest BCUT2D eigenvalue weighted by Gasteiger charge is 2.40. The van der Waals surface area contributed by atoms with Crippen molar-refractivity contribution in [2.24, 2.45) is 11.8 Å². The van der Waals surface area contributed by atoms with Crippen molar-refractivity contribution >= 4 is 0 Å². The third-order valence-corrected chi connectivity index (χ3v) is 3.70. The zero-order valence-corrected chi connectivity index (χ0v) is 9.56.